The zero-order valence-electron chi connectivity index (χ0n) is 44.6. The highest BCUT2D eigenvalue weighted by Gasteiger charge is 2.15. The van der Waals surface area contributed by atoms with Gasteiger partial charge >= 0.3 is 0 Å². The van der Waals surface area contributed by atoms with Gasteiger partial charge in [0, 0.05) is 73.2 Å². The molecule has 73 heavy (non-hydrogen) atoms. The Hall–Kier alpha value is -7.66. The van der Waals surface area contributed by atoms with Crippen molar-refractivity contribution in [2.24, 2.45) is 0 Å². The summed E-state index contributed by atoms with van der Waals surface area (Å²) in [7, 11) is 3.46. The number of nitrogens with zero attached hydrogens (tertiary/aromatic N) is 4. The number of nitrogens with one attached hydrogen (secondary N) is 4. The number of imidazole rings is 4. The summed E-state index contributed by atoms with van der Waals surface area (Å²) in [5.74, 6) is 2.94. The molecule has 0 unspecified atom stereocenters. The molecule has 11 nitrogen and oxygen atoms in total. The van der Waals surface area contributed by atoms with E-state index in [0.717, 1.165) is 104 Å². The topological polar surface area (TPSA) is 142 Å². The van der Waals surface area contributed by atoms with E-state index >= 15 is 0 Å². The zero-order valence-corrected chi connectivity index (χ0v) is 44.6. The molecule has 9 rings (SSSR count). The lowest BCUT2D eigenvalue weighted by atomic mass is 9.93. The van der Waals surface area contributed by atoms with Gasteiger partial charge in [-0.2, -0.15) is 0 Å². The molecule has 0 fully saturated rings. The maximum atomic E-state index is 5.66. The van der Waals surface area contributed by atoms with Crippen molar-refractivity contribution in [2.45, 2.75) is 113 Å². The highest BCUT2D eigenvalue weighted by atomic mass is 16.5. The fourth-order valence-electron chi connectivity index (χ4n) is 9.27. The minimum atomic E-state index is 0.714. The molecule has 0 radical (unpaired) electrons. The zero-order chi connectivity index (χ0) is 51.8. The van der Waals surface area contributed by atoms with Crippen LogP contribution in [0.3, 0.4) is 0 Å². The summed E-state index contributed by atoms with van der Waals surface area (Å²) in [5.41, 5.74) is 20.8. The lowest BCUT2D eigenvalue weighted by Gasteiger charge is -2.16. The van der Waals surface area contributed by atoms with Crippen LogP contribution in [0.2, 0.25) is 0 Å². The van der Waals surface area contributed by atoms with E-state index in [-0.39, 0.29) is 0 Å². The number of benzene rings is 5. The van der Waals surface area contributed by atoms with Crippen molar-refractivity contribution in [2.75, 3.05) is 20.8 Å². The van der Waals surface area contributed by atoms with Crippen LogP contribution in [0.1, 0.15) is 127 Å². The number of ether oxygens (including phenoxy) is 3. The van der Waals surface area contributed by atoms with Gasteiger partial charge in [0.15, 0.2) is 0 Å². The van der Waals surface area contributed by atoms with Crippen molar-refractivity contribution < 1.29 is 14.2 Å². The number of aromatic amines is 4. The largest absolute Gasteiger partial charge is 0.497 e. The van der Waals surface area contributed by atoms with E-state index in [2.05, 4.69) is 166 Å². The van der Waals surface area contributed by atoms with Gasteiger partial charge in [0.25, 0.3) is 0 Å². The average Bonchev–Trinajstić information content (AvgIpc) is 4.32. The molecule has 5 aromatic carbocycles. The molecule has 0 bridgehead atoms. The molecule has 382 valence electrons. The Morgan fingerprint density at radius 2 is 0.836 bits per heavy atom. The van der Waals surface area contributed by atoms with Gasteiger partial charge in [-0.15, -0.1) is 0 Å². The number of aromatic nitrogens is 8. The summed E-state index contributed by atoms with van der Waals surface area (Å²) >= 11 is 0. The van der Waals surface area contributed by atoms with Crippen LogP contribution in [0.15, 0.2) is 141 Å². The van der Waals surface area contributed by atoms with Gasteiger partial charge in [-0.25, -0.2) is 19.9 Å². The number of rotatable bonds is 19. The van der Waals surface area contributed by atoms with Crippen LogP contribution in [-0.4, -0.2) is 60.7 Å². The second-order valence-corrected chi connectivity index (χ2v) is 17.7. The molecule has 0 spiro atoms. The van der Waals surface area contributed by atoms with E-state index in [1.165, 1.54) is 66.8 Å². The highest BCUT2D eigenvalue weighted by molar-refractivity contribution is 5.64. The first-order valence-corrected chi connectivity index (χ1v) is 25.9. The minimum absolute atomic E-state index is 0.714. The van der Waals surface area contributed by atoms with Crippen LogP contribution in [0, 0.1) is 0 Å². The number of hydrogen-bond acceptors (Lipinski definition) is 7. The van der Waals surface area contributed by atoms with Crippen LogP contribution in [-0.2, 0) is 64.2 Å². The molecule has 0 amide bonds. The predicted molar refractivity (Wildman–Crippen MR) is 297 cm³/mol. The fourth-order valence-corrected chi connectivity index (χ4v) is 9.27. The van der Waals surface area contributed by atoms with Crippen molar-refractivity contribution in [3.05, 3.63) is 220 Å². The van der Waals surface area contributed by atoms with Crippen molar-refractivity contribution in [3.63, 3.8) is 0 Å². The molecule has 4 heterocycles. The maximum absolute atomic E-state index is 5.66. The van der Waals surface area contributed by atoms with E-state index in [1.54, 1.807) is 39.5 Å². The van der Waals surface area contributed by atoms with Crippen molar-refractivity contribution in [3.8, 4) is 28.4 Å². The molecule has 4 N–H and O–H groups in total. The van der Waals surface area contributed by atoms with Crippen LogP contribution in [0.5, 0.6) is 17.2 Å². The van der Waals surface area contributed by atoms with Gasteiger partial charge in [-0.1, -0.05) is 102 Å². The average molecular weight is 981 g/mol. The Morgan fingerprint density at radius 3 is 1.25 bits per heavy atom. The van der Waals surface area contributed by atoms with E-state index in [0.29, 0.717) is 6.61 Å². The molecular formula is C62H76N8O3. The highest BCUT2D eigenvalue weighted by Crippen LogP contribution is 2.30. The van der Waals surface area contributed by atoms with Gasteiger partial charge in [0.1, 0.15) is 17.2 Å². The SMILES string of the molecule is CCOc1cc(CC)c(Cc2cnc[nH]2)c(CC)c1.CCc1cc(OC)cc(CC)c1Cc1cnc[nH]1.CCc1ccc(OC)c(CC)c1Cc1cnc[nH]1.c1ccc(-c2cccc(Cc3cnc[nH]3)c2)cc1. The normalized spacial score (nSPS) is 10.6. The van der Waals surface area contributed by atoms with Crippen LogP contribution in [0.25, 0.3) is 11.1 Å². The van der Waals surface area contributed by atoms with Crippen LogP contribution < -0.4 is 14.2 Å². The molecule has 0 aliphatic heterocycles. The van der Waals surface area contributed by atoms with E-state index in [4.69, 9.17) is 14.2 Å². The summed E-state index contributed by atoms with van der Waals surface area (Å²) in [5, 5.41) is 0. The quantitative estimate of drug-likeness (QED) is 0.0632. The number of methoxy groups -OCH3 is 2. The first kappa shape index (κ1) is 54.7. The monoisotopic (exact) mass is 981 g/mol. The van der Waals surface area contributed by atoms with E-state index in [9.17, 15) is 0 Å². The molecule has 0 aliphatic rings. The van der Waals surface area contributed by atoms with Crippen molar-refractivity contribution in [1.82, 2.24) is 39.9 Å². The summed E-state index contributed by atoms with van der Waals surface area (Å²) in [6.07, 6.45) is 24.2. The van der Waals surface area contributed by atoms with Gasteiger partial charge in [-0.3, -0.25) is 0 Å². The second-order valence-electron chi connectivity index (χ2n) is 17.7. The third-order valence-corrected chi connectivity index (χ3v) is 13.1. The molecule has 4 aromatic heterocycles. The van der Waals surface area contributed by atoms with E-state index in [1.807, 2.05) is 37.8 Å². The maximum Gasteiger partial charge on any atom is 0.122 e. The van der Waals surface area contributed by atoms with Crippen molar-refractivity contribution in [1.29, 1.82) is 0 Å². The van der Waals surface area contributed by atoms with Gasteiger partial charge in [0.2, 0.25) is 0 Å². The molecule has 0 saturated heterocycles. The van der Waals surface area contributed by atoms with Gasteiger partial charge < -0.3 is 34.1 Å². The number of hydrogen-bond donors (Lipinski definition) is 4. The standard InChI is InChI=1S/C16H22N2O.C16H14N2.2C15H20N2O/c1-4-12-7-15(19-6-3)8-13(5-2)16(12)9-14-10-17-11-18-14;1-2-6-14(7-3-1)15-8-4-5-13(9-15)10-16-11-17-12-18-16;1-4-11-6-14(18-3)7-12(5-2)15(11)8-13-9-16-10-17-13;1-4-11-6-7-15(18-3)13(5-2)14(11)8-12-9-16-10-17-12/h7-8,10-11H,4-6,9H2,1-3H3,(H,17,18);1-9,11-12H,10H2,(H,17,18);2*6-7,9-10H,4-5,8H2,1-3H3,(H,16,17). The fraction of sp³-hybridized carbons (Fsp3) is 0.323. The molecule has 0 saturated carbocycles. The third kappa shape index (κ3) is 15.7. The number of aryl methyl sites for hydroxylation is 5. The first-order valence-electron chi connectivity index (χ1n) is 25.9. The summed E-state index contributed by atoms with van der Waals surface area (Å²) < 4.78 is 16.5. The number of H-pyrrole nitrogens is 4. The second kappa shape index (κ2) is 29.0. The third-order valence-electron chi connectivity index (χ3n) is 13.1. The Kier molecular flexibility index (Phi) is 21.7. The lowest BCUT2D eigenvalue weighted by molar-refractivity contribution is 0.339. The Morgan fingerprint density at radius 1 is 0.384 bits per heavy atom. The molecule has 0 aliphatic carbocycles. The smallest absolute Gasteiger partial charge is 0.122 e. The molecule has 0 atom stereocenters. The van der Waals surface area contributed by atoms with Crippen molar-refractivity contribution >= 4 is 0 Å². The molecule has 11 heteroatoms. The molecule has 9 aromatic rings. The minimum Gasteiger partial charge on any atom is -0.497 e. The first-order chi connectivity index (χ1) is 35.8. The summed E-state index contributed by atoms with van der Waals surface area (Å²) in [4.78, 5) is 29.0. The van der Waals surface area contributed by atoms with Gasteiger partial charge in [0.05, 0.1) is 46.1 Å². The predicted octanol–water partition coefficient (Wildman–Crippen LogP) is 13.5. The van der Waals surface area contributed by atoms with E-state index < -0.39 is 0 Å². The summed E-state index contributed by atoms with van der Waals surface area (Å²) in [6.45, 7) is 15.9. The van der Waals surface area contributed by atoms with Gasteiger partial charge in [-0.05, 0) is 143 Å². The Labute approximate surface area is 433 Å². The summed E-state index contributed by atoms with van der Waals surface area (Å²) in [6, 6.07) is 32.0. The lowest BCUT2D eigenvalue weighted by Crippen LogP contribution is -2.03. The van der Waals surface area contributed by atoms with Crippen LogP contribution in [0.4, 0.5) is 0 Å². The van der Waals surface area contributed by atoms with Crippen LogP contribution >= 0.6 is 0 Å². The molecular weight excluding hydrogens is 905 g/mol. The Bertz CT molecular complexity index is 2900. The Balaban J connectivity index is 0.000000159.